The molecule has 0 aromatic heterocycles. The van der Waals surface area contributed by atoms with Crippen LogP contribution in [0.25, 0.3) is 0 Å². The molecule has 1 N–H and O–H groups in total. The van der Waals surface area contributed by atoms with Gasteiger partial charge in [-0.1, -0.05) is 12.1 Å². The summed E-state index contributed by atoms with van der Waals surface area (Å²) in [7, 11) is 1.74. The van der Waals surface area contributed by atoms with Crippen molar-refractivity contribution < 1.29 is 9.47 Å². The minimum atomic E-state index is 0.294. The molecular weight excluding hydrogens is 214 g/mol. The van der Waals surface area contributed by atoms with Crippen LogP contribution < -0.4 is 10.1 Å². The molecule has 3 atom stereocenters. The highest BCUT2D eigenvalue weighted by molar-refractivity contribution is 5.43. The van der Waals surface area contributed by atoms with Crippen molar-refractivity contribution in [3.63, 3.8) is 0 Å². The lowest BCUT2D eigenvalue weighted by molar-refractivity contribution is -0.0567. The van der Waals surface area contributed by atoms with Crippen molar-refractivity contribution in [2.45, 2.75) is 38.0 Å². The Morgan fingerprint density at radius 2 is 2.24 bits per heavy atom. The van der Waals surface area contributed by atoms with Gasteiger partial charge in [-0.05, 0) is 30.5 Å². The number of hydrogen-bond acceptors (Lipinski definition) is 3. The lowest BCUT2D eigenvalue weighted by atomic mass is 9.84. The largest absolute Gasteiger partial charge is 0.496 e. The zero-order valence-corrected chi connectivity index (χ0v) is 10.4. The maximum atomic E-state index is 6.03. The molecule has 17 heavy (non-hydrogen) atoms. The summed E-state index contributed by atoms with van der Waals surface area (Å²) in [4.78, 5) is 0. The molecule has 0 amide bonds. The van der Waals surface area contributed by atoms with E-state index in [1.54, 1.807) is 7.11 Å². The van der Waals surface area contributed by atoms with Crippen LogP contribution in [0, 0.1) is 0 Å². The zero-order valence-electron chi connectivity index (χ0n) is 10.4. The Balaban J connectivity index is 1.91. The van der Waals surface area contributed by atoms with E-state index in [0.29, 0.717) is 18.2 Å². The summed E-state index contributed by atoms with van der Waals surface area (Å²) < 4.78 is 11.5. The van der Waals surface area contributed by atoms with Crippen LogP contribution in [0.1, 0.15) is 18.1 Å². The molecule has 3 rings (SSSR count). The fourth-order valence-corrected chi connectivity index (χ4v) is 2.95. The minimum Gasteiger partial charge on any atom is -0.496 e. The van der Waals surface area contributed by atoms with Gasteiger partial charge in [0.05, 0.1) is 19.3 Å². The van der Waals surface area contributed by atoms with Gasteiger partial charge in [0.25, 0.3) is 0 Å². The summed E-state index contributed by atoms with van der Waals surface area (Å²) in [5.41, 5.74) is 2.73. The molecule has 2 aliphatic rings. The number of rotatable bonds is 1. The van der Waals surface area contributed by atoms with E-state index in [9.17, 15) is 0 Å². The van der Waals surface area contributed by atoms with Crippen LogP contribution >= 0.6 is 0 Å². The fourth-order valence-electron chi connectivity index (χ4n) is 2.95. The molecule has 0 bridgehead atoms. The van der Waals surface area contributed by atoms with Crippen LogP contribution in [0.3, 0.4) is 0 Å². The zero-order chi connectivity index (χ0) is 11.8. The Labute approximate surface area is 102 Å². The lowest BCUT2D eigenvalue weighted by Crippen LogP contribution is -2.55. The van der Waals surface area contributed by atoms with Crippen LogP contribution in [0.4, 0.5) is 0 Å². The first-order chi connectivity index (χ1) is 8.28. The Morgan fingerprint density at radius 1 is 1.35 bits per heavy atom. The van der Waals surface area contributed by atoms with E-state index in [0.717, 1.165) is 25.1 Å². The maximum absolute atomic E-state index is 6.03. The molecule has 0 radical (unpaired) electrons. The summed E-state index contributed by atoms with van der Waals surface area (Å²) in [6, 6.07) is 6.78. The van der Waals surface area contributed by atoms with Crippen molar-refractivity contribution >= 4 is 0 Å². The first kappa shape index (κ1) is 11.1. The average molecular weight is 233 g/mol. The maximum Gasteiger partial charge on any atom is 0.122 e. The van der Waals surface area contributed by atoms with Gasteiger partial charge in [-0.25, -0.2) is 0 Å². The number of benzene rings is 1. The average Bonchev–Trinajstić information content (AvgIpc) is 2.35. The van der Waals surface area contributed by atoms with Crippen LogP contribution in [-0.4, -0.2) is 31.9 Å². The van der Waals surface area contributed by atoms with Gasteiger partial charge in [-0.2, -0.15) is 0 Å². The van der Waals surface area contributed by atoms with E-state index in [2.05, 4.69) is 24.4 Å². The second-order valence-corrected chi connectivity index (χ2v) is 5.01. The lowest BCUT2D eigenvalue weighted by Gasteiger charge is -2.40. The van der Waals surface area contributed by atoms with Crippen molar-refractivity contribution in [1.82, 2.24) is 5.32 Å². The number of methoxy groups -OCH3 is 1. The first-order valence-corrected chi connectivity index (χ1v) is 6.31. The Bertz CT molecular complexity index is 419. The fraction of sp³-hybridized carbons (Fsp3) is 0.571. The monoisotopic (exact) mass is 233 g/mol. The molecule has 0 unspecified atom stereocenters. The molecule has 3 nitrogen and oxygen atoms in total. The third-order valence-electron chi connectivity index (χ3n) is 3.82. The topological polar surface area (TPSA) is 30.5 Å². The Kier molecular flexibility index (Phi) is 2.81. The molecule has 1 aromatic carbocycles. The molecule has 0 saturated carbocycles. The number of nitrogens with one attached hydrogen (secondary N) is 1. The molecule has 1 saturated heterocycles. The predicted octanol–water partition coefficient (Wildman–Crippen LogP) is 1.54. The molecule has 1 fully saturated rings. The van der Waals surface area contributed by atoms with Crippen molar-refractivity contribution in [3.05, 3.63) is 29.3 Å². The summed E-state index contributed by atoms with van der Waals surface area (Å²) in [5.74, 6) is 1.00. The SMILES string of the molecule is COc1cccc2c1C[C@H]1O[C@@H](C)CN[C@@H]1C2. The van der Waals surface area contributed by atoms with Gasteiger partial charge >= 0.3 is 0 Å². The highest BCUT2D eigenvalue weighted by atomic mass is 16.5. The molecule has 1 aromatic rings. The Morgan fingerprint density at radius 3 is 3.06 bits per heavy atom. The van der Waals surface area contributed by atoms with Gasteiger partial charge in [-0.3, -0.25) is 0 Å². The van der Waals surface area contributed by atoms with Crippen LogP contribution in [0.2, 0.25) is 0 Å². The van der Waals surface area contributed by atoms with Crippen LogP contribution in [-0.2, 0) is 17.6 Å². The summed E-state index contributed by atoms with van der Waals surface area (Å²) in [6.07, 6.45) is 2.61. The summed E-state index contributed by atoms with van der Waals surface area (Å²) in [6.45, 7) is 3.08. The quantitative estimate of drug-likeness (QED) is 0.798. The summed E-state index contributed by atoms with van der Waals surface area (Å²) in [5, 5.41) is 3.58. The van der Waals surface area contributed by atoms with Gasteiger partial charge < -0.3 is 14.8 Å². The van der Waals surface area contributed by atoms with Gasteiger partial charge in [-0.15, -0.1) is 0 Å². The number of fused-ring (bicyclic) bond motifs is 2. The molecule has 3 heteroatoms. The number of morpholine rings is 1. The third-order valence-corrected chi connectivity index (χ3v) is 3.82. The number of ether oxygens (including phenoxy) is 2. The van der Waals surface area contributed by atoms with E-state index in [1.165, 1.54) is 11.1 Å². The highest BCUT2D eigenvalue weighted by Crippen LogP contribution is 2.32. The molecule has 92 valence electrons. The van der Waals surface area contributed by atoms with Crippen LogP contribution in [0.5, 0.6) is 5.75 Å². The molecular formula is C14H19NO2. The van der Waals surface area contributed by atoms with E-state index < -0.39 is 0 Å². The third kappa shape index (κ3) is 1.94. The van der Waals surface area contributed by atoms with Gasteiger partial charge in [0.2, 0.25) is 0 Å². The second-order valence-electron chi connectivity index (χ2n) is 5.01. The van der Waals surface area contributed by atoms with Crippen molar-refractivity contribution in [3.8, 4) is 5.75 Å². The number of hydrogen-bond donors (Lipinski definition) is 1. The normalized spacial score (nSPS) is 31.5. The Hall–Kier alpha value is -1.06. The van der Waals surface area contributed by atoms with E-state index in [-0.39, 0.29) is 0 Å². The van der Waals surface area contributed by atoms with Gasteiger partial charge in [0.1, 0.15) is 5.75 Å². The van der Waals surface area contributed by atoms with E-state index in [4.69, 9.17) is 9.47 Å². The minimum absolute atomic E-state index is 0.294. The van der Waals surface area contributed by atoms with Crippen LogP contribution in [0.15, 0.2) is 18.2 Å². The van der Waals surface area contributed by atoms with E-state index >= 15 is 0 Å². The van der Waals surface area contributed by atoms with Gasteiger partial charge in [0, 0.05) is 19.0 Å². The highest BCUT2D eigenvalue weighted by Gasteiger charge is 2.34. The van der Waals surface area contributed by atoms with E-state index in [1.807, 2.05) is 6.07 Å². The smallest absolute Gasteiger partial charge is 0.122 e. The molecule has 1 aliphatic carbocycles. The van der Waals surface area contributed by atoms with Crippen molar-refractivity contribution in [2.24, 2.45) is 0 Å². The summed E-state index contributed by atoms with van der Waals surface area (Å²) >= 11 is 0. The standard InChI is InChI=1S/C14H19NO2/c1-9-8-15-12-6-10-4-3-5-13(16-2)11(10)7-14(12)17-9/h3-5,9,12,14-15H,6-8H2,1-2H3/t9-,12+,14+/m0/s1. The van der Waals surface area contributed by atoms with Crippen molar-refractivity contribution in [1.29, 1.82) is 0 Å². The molecule has 1 heterocycles. The van der Waals surface area contributed by atoms with Crippen molar-refractivity contribution in [2.75, 3.05) is 13.7 Å². The second kappa shape index (κ2) is 4.31. The van der Waals surface area contributed by atoms with Gasteiger partial charge in [0.15, 0.2) is 0 Å². The molecule has 1 aliphatic heterocycles. The predicted molar refractivity (Wildman–Crippen MR) is 66.5 cm³/mol. The first-order valence-electron chi connectivity index (χ1n) is 6.31. The molecule has 0 spiro atoms.